The first kappa shape index (κ1) is 7.67. The van der Waals surface area contributed by atoms with E-state index in [1.807, 2.05) is 0 Å². The molecule has 5 heteroatoms. The molecule has 0 aliphatic carbocycles. The summed E-state index contributed by atoms with van der Waals surface area (Å²) in [5, 5.41) is 12.7. The number of hydrogen-bond acceptors (Lipinski definition) is 3. The van der Waals surface area contributed by atoms with Crippen molar-refractivity contribution in [1.82, 2.24) is 9.78 Å². The molecule has 1 aromatic heterocycles. The number of rotatable bonds is 1. The molecule has 0 saturated heterocycles. The van der Waals surface area contributed by atoms with Gasteiger partial charge in [-0.25, -0.2) is 4.79 Å². The van der Waals surface area contributed by atoms with Crippen LogP contribution < -0.4 is 0 Å². The van der Waals surface area contributed by atoms with Gasteiger partial charge in [-0.2, -0.15) is 16.9 Å². The molecular formula is C7H8N2O2S. The second kappa shape index (κ2) is 2.52. The summed E-state index contributed by atoms with van der Waals surface area (Å²) in [5.41, 5.74) is 2.17. The van der Waals surface area contributed by atoms with Crippen molar-refractivity contribution in [3.05, 3.63) is 17.0 Å². The molecule has 1 aliphatic rings. The molecule has 12 heavy (non-hydrogen) atoms. The van der Waals surface area contributed by atoms with Gasteiger partial charge < -0.3 is 5.11 Å². The van der Waals surface area contributed by atoms with E-state index in [9.17, 15) is 4.79 Å². The number of thioether (sulfide) groups is 1. The zero-order chi connectivity index (χ0) is 8.72. The molecule has 2 heterocycles. The molecular weight excluding hydrogens is 176 g/mol. The molecule has 0 amide bonds. The zero-order valence-corrected chi connectivity index (χ0v) is 7.39. The highest BCUT2D eigenvalue weighted by molar-refractivity contribution is 7.98. The molecule has 64 valence electrons. The first-order valence-electron chi connectivity index (χ1n) is 3.56. The summed E-state index contributed by atoms with van der Waals surface area (Å²) >= 11 is 1.73. The Labute approximate surface area is 73.6 Å². The van der Waals surface area contributed by atoms with Crippen molar-refractivity contribution < 1.29 is 9.90 Å². The molecule has 4 nitrogen and oxygen atoms in total. The molecule has 0 aromatic carbocycles. The number of aryl methyl sites for hydroxylation is 1. The molecule has 0 fully saturated rings. The normalized spacial score (nSPS) is 14.8. The van der Waals surface area contributed by atoms with Crippen LogP contribution in [0.3, 0.4) is 0 Å². The van der Waals surface area contributed by atoms with Crippen molar-refractivity contribution in [2.45, 2.75) is 11.5 Å². The monoisotopic (exact) mass is 184 g/mol. The molecule has 0 saturated carbocycles. The molecule has 1 aliphatic heterocycles. The largest absolute Gasteiger partial charge is 0.476 e. The Morgan fingerprint density at radius 2 is 2.42 bits per heavy atom. The van der Waals surface area contributed by atoms with Gasteiger partial charge in [0.05, 0.1) is 5.69 Å². The van der Waals surface area contributed by atoms with Gasteiger partial charge >= 0.3 is 5.97 Å². The Kier molecular flexibility index (Phi) is 1.61. The first-order chi connectivity index (χ1) is 5.70. The Morgan fingerprint density at radius 1 is 1.67 bits per heavy atom. The Hall–Kier alpha value is -0.970. The molecule has 0 atom stereocenters. The molecule has 0 bridgehead atoms. The lowest BCUT2D eigenvalue weighted by Gasteiger charge is -1.92. The standard InChI is InChI=1S/C7H8N2O2S/c1-9-5-3-12-2-4(5)6(8-9)7(10)11/h2-3H2,1H3,(H,10,11). The first-order valence-corrected chi connectivity index (χ1v) is 4.71. The molecule has 1 aromatic rings. The van der Waals surface area contributed by atoms with Gasteiger partial charge in [0, 0.05) is 24.1 Å². The highest BCUT2D eigenvalue weighted by Crippen LogP contribution is 2.31. The molecule has 0 unspecified atom stereocenters. The van der Waals surface area contributed by atoms with Crippen molar-refractivity contribution >= 4 is 17.7 Å². The van der Waals surface area contributed by atoms with Gasteiger partial charge in [0.2, 0.25) is 0 Å². The molecule has 0 spiro atoms. The predicted octanol–water partition coefficient (Wildman–Crippen LogP) is 0.865. The van der Waals surface area contributed by atoms with Crippen LogP contribution >= 0.6 is 11.8 Å². The smallest absolute Gasteiger partial charge is 0.356 e. The van der Waals surface area contributed by atoms with E-state index in [-0.39, 0.29) is 5.69 Å². The van der Waals surface area contributed by atoms with E-state index in [0.717, 1.165) is 22.8 Å². The number of aromatic carboxylic acids is 1. The summed E-state index contributed by atoms with van der Waals surface area (Å²) in [7, 11) is 1.79. The van der Waals surface area contributed by atoms with E-state index < -0.39 is 5.97 Å². The number of carboxylic acid groups (broad SMARTS) is 1. The molecule has 0 radical (unpaired) electrons. The quantitative estimate of drug-likeness (QED) is 0.703. The van der Waals surface area contributed by atoms with Crippen LogP contribution in [0.2, 0.25) is 0 Å². The molecule has 2 rings (SSSR count). The van der Waals surface area contributed by atoms with E-state index in [2.05, 4.69) is 5.10 Å². The van der Waals surface area contributed by atoms with E-state index in [1.165, 1.54) is 0 Å². The minimum absolute atomic E-state index is 0.220. The Bertz CT molecular complexity index is 345. The maximum Gasteiger partial charge on any atom is 0.356 e. The average molecular weight is 184 g/mol. The number of carbonyl (C=O) groups is 1. The maximum atomic E-state index is 10.7. The van der Waals surface area contributed by atoms with Gasteiger partial charge in [0.15, 0.2) is 5.69 Å². The lowest BCUT2D eigenvalue weighted by atomic mass is 10.2. The van der Waals surface area contributed by atoms with Crippen LogP contribution in [0, 0.1) is 0 Å². The van der Waals surface area contributed by atoms with Gasteiger partial charge in [-0.3, -0.25) is 4.68 Å². The Morgan fingerprint density at radius 3 is 3.08 bits per heavy atom. The van der Waals surface area contributed by atoms with Gasteiger partial charge in [-0.1, -0.05) is 0 Å². The van der Waals surface area contributed by atoms with E-state index >= 15 is 0 Å². The summed E-state index contributed by atoms with van der Waals surface area (Å²) in [4.78, 5) is 10.7. The fourth-order valence-corrected chi connectivity index (χ4v) is 2.52. The van der Waals surface area contributed by atoms with E-state index in [0.29, 0.717) is 0 Å². The van der Waals surface area contributed by atoms with Crippen molar-refractivity contribution in [1.29, 1.82) is 0 Å². The third kappa shape index (κ3) is 0.929. The fraction of sp³-hybridized carbons (Fsp3) is 0.429. The summed E-state index contributed by atoms with van der Waals surface area (Å²) < 4.78 is 1.67. The average Bonchev–Trinajstić information content (AvgIpc) is 2.53. The van der Waals surface area contributed by atoms with Crippen LogP contribution in [0.4, 0.5) is 0 Å². The van der Waals surface area contributed by atoms with Crippen molar-refractivity contribution in [2.24, 2.45) is 7.05 Å². The van der Waals surface area contributed by atoms with Gasteiger partial charge in [-0.15, -0.1) is 0 Å². The van der Waals surface area contributed by atoms with E-state index in [1.54, 1.807) is 23.5 Å². The van der Waals surface area contributed by atoms with Crippen LogP contribution in [0.25, 0.3) is 0 Å². The van der Waals surface area contributed by atoms with Crippen LogP contribution in [0.15, 0.2) is 0 Å². The van der Waals surface area contributed by atoms with Crippen molar-refractivity contribution in [3.8, 4) is 0 Å². The third-order valence-electron chi connectivity index (χ3n) is 1.96. The number of fused-ring (bicyclic) bond motifs is 1. The number of hydrogen-bond donors (Lipinski definition) is 1. The second-order valence-electron chi connectivity index (χ2n) is 2.70. The minimum Gasteiger partial charge on any atom is -0.476 e. The minimum atomic E-state index is -0.922. The SMILES string of the molecule is Cn1nc(C(=O)O)c2c1CSC2. The predicted molar refractivity (Wildman–Crippen MR) is 45.2 cm³/mol. The number of carboxylic acids is 1. The van der Waals surface area contributed by atoms with Crippen LogP contribution in [-0.4, -0.2) is 20.9 Å². The van der Waals surface area contributed by atoms with E-state index in [4.69, 9.17) is 5.11 Å². The number of aromatic nitrogens is 2. The fourth-order valence-electron chi connectivity index (χ4n) is 1.36. The zero-order valence-electron chi connectivity index (χ0n) is 6.57. The van der Waals surface area contributed by atoms with Crippen molar-refractivity contribution in [2.75, 3.05) is 0 Å². The summed E-state index contributed by atoms with van der Waals surface area (Å²) in [6.07, 6.45) is 0. The topological polar surface area (TPSA) is 55.1 Å². The van der Waals surface area contributed by atoms with Gasteiger partial charge in [-0.05, 0) is 0 Å². The molecule has 1 N–H and O–H groups in total. The summed E-state index contributed by atoms with van der Waals surface area (Å²) in [5.74, 6) is 0.742. The maximum absolute atomic E-state index is 10.7. The highest BCUT2D eigenvalue weighted by Gasteiger charge is 2.24. The number of nitrogens with zero attached hydrogens (tertiary/aromatic N) is 2. The third-order valence-corrected chi connectivity index (χ3v) is 2.93. The summed E-state index contributed by atoms with van der Waals surface area (Å²) in [6.45, 7) is 0. The second-order valence-corrected chi connectivity index (χ2v) is 3.68. The summed E-state index contributed by atoms with van der Waals surface area (Å²) in [6, 6.07) is 0. The van der Waals surface area contributed by atoms with Gasteiger partial charge in [0.1, 0.15) is 0 Å². The van der Waals surface area contributed by atoms with Crippen LogP contribution in [0.5, 0.6) is 0 Å². The van der Waals surface area contributed by atoms with Crippen LogP contribution in [0.1, 0.15) is 21.7 Å². The Balaban J connectivity index is 2.58. The highest BCUT2D eigenvalue weighted by atomic mass is 32.2. The lowest BCUT2D eigenvalue weighted by molar-refractivity contribution is 0.0689. The van der Waals surface area contributed by atoms with Crippen molar-refractivity contribution in [3.63, 3.8) is 0 Å². The van der Waals surface area contributed by atoms with Gasteiger partial charge in [0.25, 0.3) is 0 Å². The lowest BCUT2D eigenvalue weighted by Crippen LogP contribution is -2.01. The van der Waals surface area contributed by atoms with Crippen LogP contribution in [-0.2, 0) is 18.6 Å².